The lowest BCUT2D eigenvalue weighted by atomic mass is 9.85. The molecule has 2 atom stereocenters. The second kappa shape index (κ2) is 4.49. The van der Waals surface area contributed by atoms with Gasteiger partial charge in [-0.25, -0.2) is 8.42 Å². The summed E-state index contributed by atoms with van der Waals surface area (Å²) in [5.41, 5.74) is 0.795. The highest BCUT2D eigenvalue weighted by Crippen LogP contribution is 2.33. The van der Waals surface area contributed by atoms with E-state index < -0.39 is 27.6 Å². The predicted molar refractivity (Wildman–Crippen MR) is 63.6 cm³/mol. The van der Waals surface area contributed by atoms with E-state index in [0.717, 1.165) is 5.56 Å². The van der Waals surface area contributed by atoms with Crippen molar-refractivity contribution in [3.05, 3.63) is 35.9 Å². The van der Waals surface area contributed by atoms with E-state index in [-0.39, 0.29) is 17.9 Å². The largest absolute Gasteiger partial charge is 0.481 e. The summed E-state index contributed by atoms with van der Waals surface area (Å²) in [5.74, 6) is -2.01. The molecule has 1 aliphatic heterocycles. The first-order valence-electron chi connectivity index (χ1n) is 5.48. The van der Waals surface area contributed by atoms with Gasteiger partial charge in [-0.05, 0) is 12.0 Å². The molecule has 5 heteroatoms. The van der Waals surface area contributed by atoms with E-state index in [0.29, 0.717) is 0 Å². The van der Waals surface area contributed by atoms with Crippen LogP contribution in [0.5, 0.6) is 0 Å². The number of benzene rings is 1. The number of aliphatic carboxylic acids is 1. The Labute approximate surface area is 100 Å². The zero-order valence-corrected chi connectivity index (χ0v) is 10.1. The van der Waals surface area contributed by atoms with Crippen LogP contribution < -0.4 is 0 Å². The predicted octanol–water partition coefficient (Wildman–Crippen LogP) is 1.29. The molecule has 0 radical (unpaired) electrons. The summed E-state index contributed by atoms with van der Waals surface area (Å²) >= 11 is 0. The Balaban J connectivity index is 2.35. The van der Waals surface area contributed by atoms with Gasteiger partial charge in [0.1, 0.15) is 0 Å². The molecule has 2 unspecified atom stereocenters. The molecule has 0 aromatic heterocycles. The molecule has 2 rings (SSSR count). The maximum absolute atomic E-state index is 11.6. The molecule has 0 amide bonds. The number of sulfone groups is 1. The summed E-state index contributed by atoms with van der Waals surface area (Å²) < 4.78 is 23.2. The lowest BCUT2D eigenvalue weighted by Crippen LogP contribution is -2.35. The van der Waals surface area contributed by atoms with E-state index in [2.05, 4.69) is 0 Å². The summed E-state index contributed by atoms with van der Waals surface area (Å²) in [6, 6.07) is 9.02. The Kier molecular flexibility index (Phi) is 3.19. The van der Waals surface area contributed by atoms with Crippen LogP contribution in [-0.4, -0.2) is 31.0 Å². The topological polar surface area (TPSA) is 71.4 Å². The minimum atomic E-state index is -3.11. The standard InChI is InChI=1S/C12H14O4S/c13-12(14)10-6-7-17(15,16)8-11(10)9-4-2-1-3-5-9/h1-5,10-11H,6-8H2,(H,13,14). The fraction of sp³-hybridized carbons (Fsp3) is 0.417. The van der Waals surface area contributed by atoms with Crippen molar-refractivity contribution in [1.29, 1.82) is 0 Å². The fourth-order valence-electron chi connectivity index (χ4n) is 2.31. The molecule has 0 bridgehead atoms. The van der Waals surface area contributed by atoms with Crippen LogP contribution in [-0.2, 0) is 14.6 Å². The molecule has 1 N–H and O–H groups in total. The zero-order chi connectivity index (χ0) is 12.5. The van der Waals surface area contributed by atoms with E-state index in [9.17, 15) is 13.2 Å². The van der Waals surface area contributed by atoms with Crippen LogP contribution in [0, 0.1) is 5.92 Å². The summed E-state index contributed by atoms with van der Waals surface area (Å²) in [6.07, 6.45) is 0.206. The summed E-state index contributed by atoms with van der Waals surface area (Å²) in [5, 5.41) is 9.15. The molecule has 0 aliphatic carbocycles. The Bertz CT molecular complexity index is 507. The highest BCUT2D eigenvalue weighted by atomic mass is 32.2. The van der Waals surface area contributed by atoms with Crippen molar-refractivity contribution in [3.63, 3.8) is 0 Å². The minimum absolute atomic E-state index is 0.0205. The van der Waals surface area contributed by atoms with Gasteiger partial charge in [0, 0.05) is 5.92 Å². The lowest BCUT2D eigenvalue weighted by molar-refractivity contribution is -0.142. The Morgan fingerprint density at radius 2 is 1.88 bits per heavy atom. The SMILES string of the molecule is O=C(O)C1CCS(=O)(=O)CC1c1ccccc1. The van der Waals surface area contributed by atoms with E-state index in [1.54, 1.807) is 24.3 Å². The van der Waals surface area contributed by atoms with Gasteiger partial charge in [0.2, 0.25) is 0 Å². The summed E-state index contributed by atoms with van der Waals surface area (Å²) in [6.45, 7) is 0. The summed E-state index contributed by atoms with van der Waals surface area (Å²) in [4.78, 5) is 11.2. The molecule has 0 spiro atoms. The quantitative estimate of drug-likeness (QED) is 0.863. The van der Waals surface area contributed by atoms with Gasteiger partial charge in [-0.3, -0.25) is 4.79 Å². The van der Waals surface area contributed by atoms with Crippen molar-refractivity contribution < 1.29 is 18.3 Å². The Hall–Kier alpha value is -1.36. The van der Waals surface area contributed by atoms with Crippen molar-refractivity contribution in [2.75, 3.05) is 11.5 Å². The van der Waals surface area contributed by atoms with Crippen LogP contribution in [0.25, 0.3) is 0 Å². The first-order valence-corrected chi connectivity index (χ1v) is 7.30. The smallest absolute Gasteiger partial charge is 0.307 e. The average Bonchev–Trinajstić information content (AvgIpc) is 2.28. The average molecular weight is 254 g/mol. The van der Waals surface area contributed by atoms with Crippen molar-refractivity contribution >= 4 is 15.8 Å². The Morgan fingerprint density at radius 3 is 2.47 bits per heavy atom. The van der Waals surface area contributed by atoms with Crippen molar-refractivity contribution in [1.82, 2.24) is 0 Å². The van der Waals surface area contributed by atoms with Gasteiger partial charge < -0.3 is 5.11 Å². The second-order valence-corrected chi connectivity index (χ2v) is 6.59. The molecule has 4 nitrogen and oxygen atoms in total. The van der Waals surface area contributed by atoms with Crippen LogP contribution in [0.2, 0.25) is 0 Å². The van der Waals surface area contributed by atoms with Crippen LogP contribution in [0.15, 0.2) is 30.3 Å². The number of carbonyl (C=O) groups is 1. The highest BCUT2D eigenvalue weighted by molar-refractivity contribution is 7.91. The molecule has 0 saturated carbocycles. The molecule has 1 aromatic rings. The minimum Gasteiger partial charge on any atom is -0.481 e. The van der Waals surface area contributed by atoms with Gasteiger partial charge in [0.15, 0.2) is 9.84 Å². The fourth-order valence-corrected chi connectivity index (χ4v) is 4.06. The van der Waals surface area contributed by atoms with E-state index in [4.69, 9.17) is 5.11 Å². The molecular formula is C12H14O4S. The second-order valence-electron chi connectivity index (χ2n) is 4.36. The monoisotopic (exact) mass is 254 g/mol. The van der Waals surface area contributed by atoms with Crippen LogP contribution in [0.3, 0.4) is 0 Å². The third kappa shape index (κ3) is 2.66. The number of carboxylic acid groups (broad SMARTS) is 1. The van der Waals surface area contributed by atoms with E-state index >= 15 is 0 Å². The third-order valence-corrected chi connectivity index (χ3v) is 4.93. The molecule has 1 aliphatic rings. The molecule has 92 valence electrons. The van der Waals surface area contributed by atoms with Gasteiger partial charge in [0.25, 0.3) is 0 Å². The van der Waals surface area contributed by atoms with Crippen molar-refractivity contribution in [3.8, 4) is 0 Å². The third-order valence-electron chi connectivity index (χ3n) is 3.20. The normalized spacial score (nSPS) is 27.5. The van der Waals surface area contributed by atoms with E-state index in [1.165, 1.54) is 0 Å². The Morgan fingerprint density at radius 1 is 1.24 bits per heavy atom. The highest BCUT2D eigenvalue weighted by Gasteiger charge is 2.38. The van der Waals surface area contributed by atoms with Gasteiger partial charge in [-0.2, -0.15) is 0 Å². The molecule has 1 fully saturated rings. The van der Waals surface area contributed by atoms with E-state index in [1.807, 2.05) is 6.07 Å². The maximum atomic E-state index is 11.6. The van der Waals surface area contributed by atoms with Crippen LogP contribution in [0.1, 0.15) is 17.9 Å². The number of hydrogen-bond donors (Lipinski definition) is 1. The molecule has 17 heavy (non-hydrogen) atoms. The number of hydrogen-bond acceptors (Lipinski definition) is 3. The number of rotatable bonds is 2. The first-order chi connectivity index (χ1) is 7.99. The van der Waals surface area contributed by atoms with Crippen LogP contribution >= 0.6 is 0 Å². The van der Waals surface area contributed by atoms with Crippen molar-refractivity contribution in [2.45, 2.75) is 12.3 Å². The van der Waals surface area contributed by atoms with Gasteiger partial charge >= 0.3 is 5.97 Å². The summed E-state index contributed by atoms with van der Waals surface area (Å²) in [7, 11) is -3.11. The lowest BCUT2D eigenvalue weighted by Gasteiger charge is -2.28. The van der Waals surface area contributed by atoms with Gasteiger partial charge in [-0.15, -0.1) is 0 Å². The van der Waals surface area contributed by atoms with Gasteiger partial charge in [-0.1, -0.05) is 30.3 Å². The molecule has 1 aromatic carbocycles. The molecule has 1 heterocycles. The first kappa shape index (κ1) is 12.1. The molecule has 1 saturated heterocycles. The molecular weight excluding hydrogens is 240 g/mol. The zero-order valence-electron chi connectivity index (χ0n) is 9.24. The van der Waals surface area contributed by atoms with Gasteiger partial charge in [0.05, 0.1) is 17.4 Å². The van der Waals surface area contributed by atoms with Crippen LogP contribution in [0.4, 0.5) is 0 Å². The number of carboxylic acids is 1. The van der Waals surface area contributed by atoms with Crippen molar-refractivity contribution in [2.24, 2.45) is 5.92 Å². The maximum Gasteiger partial charge on any atom is 0.307 e.